The van der Waals surface area contributed by atoms with Crippen LogP contribution in [-0.4, -0.2) is 0 Å². The van der Waals surface area contributed by atoms with E-state index in [1.807, 2.05) is 30.3 Å². The average Bonchev–Trinajstić information content (AvgIpc) is 3.85. The quantitative estimate of drug-likeness (QED) is 0.186. The third kappa shape index (κ3) is 3.74. The summed E-state index contributed by atoms with van der Waals surface area (Å²) < 4.78 is 20.3. The van der Waals surface area contributed by atoms with Crippen LogP contribution in [0, 0.1) is 0 Å². The fourth-order valence-electron chi connectivity index (χ4n) is 9.25. The van der Waals surface area contributed by atoms with Crippen LogP contribution in [0.25, 0.3) is 44.2 Å². The van der Waals surface area contributed by atoms with E-state index in [2.05, 4.69) is 150 Å². The molecule has 1 aliphatic heterocycles. The average molecular weight is 680 g/mol. The van der Waals surface area contributed by atoms with Gasteiger partial charge in [0.05, 0.1) is 11.1 Å². The van der Waals surface area contributed by atoms with E-state index in [1.165, 1.54) is 38.9 Å². The van der Waals surface area contributed by atoms with Crippen LogP contribution < -0.4 is 14.4 Å². The second kappa shape index (κ2) is 10.5. The lowest BCUT2D eigenvalue weighted by Crippen LogP contribution is -2.25. The Morgan fingerprint density at radius 1 is 0.396 bits per heavy atom. The third-order valence-electron chi connectivity index (χ3n) is 11.3. The predicted octanol–water partition coefficient (Wildman–Crippen LogP) is 13.3. The van der Waals surface area contributed by atoms with Crippen molar-refractivity contribution in [2.45, 2.75) is 5.41 Å². The molecule has 248 valence electrons. The molecule has 0 radical (unpaired) electrons. The molecule has 2 heterocycles. The number of rotatable bonds is 3. The minimum absolute atomic E-state index is 0.459. The van der Waals surface area contributed by atoms with Crippen molar-refractivity contribution in [1.82, 2.24) is 0 Å². The van der Waals surface area contributed by atoms with Crippen LogP contribution in [0.4, 0.5) is 17.1 Å². The zero-order valence-electron chi connectivity index (χ0n) is 28.4. The van der Waals surface area contributed by atoms with E-state index >= 15 is 0 Å². The summed E-state index contributed by atoms with van der Waals surface area (Å²) in [5.74, 6) is 2.78. The largest absolute Gasteiger partial charge is 0.456 e. The number of ether oxygens (including phenoxy) is 2. The number of nitrogens with zero attached hydrogens (tertiary/aromatic N) is 1. The van der Waals surface area contributed by atoms with Crippen LogP contribution in [-0.2, 0) is 5.41 Å². The lowest BCUT2D eigenvalue weighted by atomic mass is 9.70. The topological polar surface area (TPSA) is 34.8 Å². The highest BCUT2D eigenvalue weighted by molar-refractivity contribution is 6.07. The molecule has 0 amide bonds. The second-order valence-corrected chi connectivity index (χ2v) is 14.0. The van der Waals surface area contributed by atoms with Gasteiger partial charge in [-0.05, 0) is 93.5 Å². The van der Waals surface area contributed by atoms with Gasteiger partial charge in [0.25, 0.3) is 0 Å². The molecule has 0 fully saturated rings. The molecular weight excluding hydrogens is 651 g/mol. The molecule has 1 spiro atoms. The van der Waals surface area contributed by atoms with Gasteiger partial charge in [-0.2, -0.15) is 0 Å². The lowest BCUT2D eigenvalue weighted by Gasteiger charge is -2.32. The van der Waals surface area contributed by atoms with Crippen LogP contribution in [0.5, 0.6) is 23.0 Å². The van der Waals surface area contributed by atoms with E-state index in [-0.39, 0.29) is 0 Å². The Labute approximate surface area is 305 Å². The smallest absolute Gasteiger partial charge is 0.194 e. The van der Waals surface area contributed by atoms with Crippen molar-refractivity contribution >= 4 is 39.0 Å². The van der Waals surface area contributed by atoms with E-state index in [4.69, 9.17) is 13.9 Å². The molecule has 53 heavy (non-hydrogen) atoms. The number of fused-ring (bicyclic) bond motifs is 16. The Morgan fingerprint density at radius 2 is 1.02 bits per heavy atom. The molecule has 4 heteroatoms. The molecule has 0 saturated heterocycles. The molecule has 4 nitrogen and oxygen atoms in total. The van der Waals surface area contributed by atoms with Crippen molar-refractivity contribution in [3.8, 4) is 45.3 Å². The zero-order chi connectivity index (χ0) is 34.7. The van der Waals surface area contributed by atoms with Crippen molar-refractivity contribution in [1.29, 1.82) is 0 Å². The second-order valence-electron chi connectivity index (χ2n) is 14.0. The first-order valence-corrected chi connectivity index (χ1v) is 18.0. The normalized spacial score (nSPS) is 13.7. The van der Waals surface area contributed by atoms with E-state index in [9.17, 15) is 0 Å². The highest BCUT2D eigenvalue weighted by Crippen LogP contribution is 2.66. The Balaban J connectivity index is 1.05. The van der Waals surface area contributed by atoms with Gasteiger partial charge in [0.1, 0.15) is 11.2 Å². The van der Waals surface area contributed by atoms with Crippen molar-refractivity contribution in [3.63, 3.8) is 0 Å². The number of hydrogen-bond donors (Lipinski definition) is 0. The van der Waals surface area contributed by atoms with Gasteiger partial charge in [-0.3, -0.25) is 0 Å². The fourth-order valence-corrected chi connectivity index (χ4v) is 9.25. The molecular formula is C49H29NO3. The Kier molecular flexibility index (Phi) is 5.67. The first kappa shape index (κ1) is 28.6. The minimum Gasteiger partial charge on any atom is -0.456 e. The number of para-hydroxylation sites is 3. The van der Waals surface area contributed by atoms with E-state index < -0.39 is 5.41 Å². The van der Waals surface area contributed by atoms with Gasteiger partial charge in [0.2, 0.25) is 0 Å². The molecule has 3 aliphatic rings. The van der Waals surface area contributed by atoms with Crippen molar-refractivity contribution in [2.24, 2.45) is 0 Å². The molecule has 0 bridgehead atoms. The van der Waals surface area contributed by atoms with Gasteiger partial charge < -0.3 is 18.8 Å². The summed E-state index contributed by atoms with van der Waals surface area (Å²) in [5, 5.41) is 2.14. The van der Waals surface area contributed by atoms with Crippen molar-refractivity contribution in [2.75, 3.05) is 4.90 Å². The first-order valence-electron chi connectivity index (χ1n) is 18.0. The van der Waals surface area contributed by atoms with Crippen molar-refractivity contribution in [3.05, 3.63) is 198 Å². The Hall–Kier alpha value is -7.04. The summed E-state index contributed by atoms with van der Waals surface area (Å²) in [6, 6.07) is 62.0. The van der Waals surface area contributed by atoms with Crippen molar-refractivity contribution < 1.29 is 13.9 Å². The predicted molar refractivity (Wildman–Crippen MR) is 211 cm³/mol. The minimum atomic E-state index is -0.459. The molecule has 1 aromatic heterocycles. The van der Waals surface area contributed by atoms with E-state index in [0.29, 0.717) is 17.2 Å². The lowest BCUT2D eigenvalue weighted by molar-refractivity contribution is 0.361. The maximum Gasteiger partial charge on any atom is 0.194 e. The van der Waals surface area contributed by atoms with Gasteiger partial charge >= 0.3 is 0 Å². The first-order chi connectivity index (χ1) is 26.3. The number of anilines is 3. The molecule has 9 aromatic rings. The molecule has 0 saturated carbocycles. The fraction of sp³-hybridized carbons (Fsp3) is 0.0204. The van der Waals surface area contributed by atoms with Gasteiger partial charge in [-0.15, -0.1) is 0 Å². The van der Waals surface area contributed by atoms with Gasteiger partial charge in [-0.1, -0.05) is 121 Å². The van der Waals surface area contributed by atoms with Gasteiger partial charge in [0, 0.05) is 27.7 Å². The SMILES string of the molecule is c1ccc(N(c2ccc3oc4ccccc4c3c2)c2cccc3c2Oc2ccc4c(c2O3)-c2ccccc2C42c3ccccc3-c3ccccc32)cc1. The molecule has 2 aliphatic carbocycles. The maximum absolute atomic E-state index is 7.07. The Morgan fingerprint density at radius 3 is 1.81 bits per heavy atom. The van der Waals surface area contributed by atoms with Crippen LogP contribution in [0.2, 0.25) is 0 Å². The molecule has 8 aromatic carbocycles. The van der Waals surface area contributed by atoms with Gasteiger partial charge in [-0.25, -0.2) is 0 Å². The highest BCUT2D eigenvalue weighted by Gasteiger charge is 2.53. The van der Waals surface area contributed by atoms with Crippen LogP contribution in [0.1, 0.15) is 22.3 Å². The summed E-state index contributed by atoms with van der Waals surface area (Å²) in [4.78, 5) is 2.23. The standard InChI is InChI=1S/C49H29NO3/c1-2-13-30(14-3-1)50(31-25-27-43-36(29-31)34-17-7-11-23-42(34)51-43)41-22-12-24-44-47(41)52-45-28-26-40-46(48(45)53-44)35-18-6-10-21-39(35)49(40)37-19-8-4-15-32(37)33-16-5-9-20-38(33)49/h1-29H. The number of furan rings is 1. The molecule has 12 rings (SSSR count). The van der Waals surface area contributed by atoms with Crippen LogP contribution in [0.3, 0.4) is 0 Å². The Bertz CT molecular complexity index is 2930. The van der Waals surface area contributed by atoms with E-state index in [0.717, 1.165) is 50.3 Å². The summed E-state index contributed by atoms with van der Waals surface area (Å²) in [6.45, 7) is 0. The number of benzene rings is 8. The molecule has 0 unspecified atom stereocenters. The summed E-state index contributed by atoms with van der Waals surface area (Å²) >= 11 is 0. The summed E-state index contributed by atoms with van der Waals surface area (Å²) in [7, 11) is 0. The molecule has 0 N–H and O–H groups in total. The summed E-state index contributed by atoms with van der Waals surface area (Å²) in [6.07, 6.45) is 0. The van der Waals surface area contributed by atoms with Crippen LogP contribution in [0.15, 0.2) is 180 Å². The van der Waals surface area contributed by atoms with E-state index in [1.54, 1.807) is 0 Å². The molecule has 0 atom stereocenters. The number of hydrogen-bond acceptors (Lipinski definition) is 4. The summed E-state index contributed by atoms with van der Waals surface area (Å²) in [5.41, 5.74) is 14.0. The van der Waals surface area contributed by atoms with Crippen LogP contribution >= 0.6 is 0 Å². The maximum atomic E-state index is 7.07. The van der Waals surface area contributed by atoms with Gasteiger partial charge in [0.15, 0.2) is 23.0 Å². The third-order valence-corrected chi connectivity index (χ3v) is 11.3. The zero-order valence-corrected chi connectivity index (χ0v) is 28.4. The monoisotopic (exact) mass is 679 g/mol. The highest BCUT2D eigenvalue weighted by atomic mass is 16.6.